The van der Waals surface area contributed by atoms with Gasteiger partial charge < -0.3 is 15.4 Å². The summed E-state index contributed by atoms with van der Waals surface area (Å²) in [5, 5.41) is 0. The molecule has 2 aromatic carbocycles. The fraction of sp³-hybridized carbons (Fsp3) is 0.409. The van der Waals surface area contributed by atoms with Crippen molar-refractivity contribution in [1.29, 1.82) is 0 Å². The Morgan fingerprint density at radius 3 is 2.46 bits per heavy atom. The standard InChI is InChI=1S/C22H28N2O2/c1-3-16(2)26-20-11-9-18(10-12-20)22(25)24-14-19(13-23)21(15-24)17-7-5-4-6-8-17/h4-12,16,19,21H,3,13-15,23H2,1-2H3/t16?,19-,21+/m1/s1. The molecule has 1 fully saturated rings. The lowest BCUT2D eigenvalue weighted by Crippen LogP contribution is -2.29. The van der Waals surface area contributed by atoms with Gasteiger partial charge in [0.2, 0.25) is 0 Å². The molecular weight excluding hydrogens is 324 g/mol. The number of ether oxygens (including phenoxy) is 1. The van der Waals surface area contributed by atoms with Crippen LogP contribution in [0.3, 0.4) is 0 Å². The third kappa shape index (κ3) is 4.07. The molecule has 3 rings (SSSR count). The van der Waals surface area contributed by atoms with E-state index in [0.29, 0.717) is 30.5 Å². The highest BCUT2D eigenvalue weighted by molar-refractivity contribution is 5.94. The summed E-state index contributed by atoms with van der Waals surface area (Å²) in [6, 6.07) is 17.8. The Morgan fingerprint density at radius 2 is 1.85 bits per heavy atom. The maximum atomic E-state index is 12.9. The van der Waals surface area contributed by atoms with E-state index in [4.69, 9.17) is 10.5 Å². The number of amides is 1. The van der Waals surface area contributed by atoms with Gasteiger partial charge >= 0.3 is 0 Å². The Morgan fingerprint density at radius 1 is 1.15 bits per heavy atom. The number of hydrogen-bond acceptors (Lipinski definition) is 3. The third-order valence-corrected chi connectivity index (χ3v) is 5.27. The summed E-state index contributed by atoms with van der Waals surface area (Å²) < 4.78 is 5.79. The number of carbonyl (C=O) groups excluding carboxylic acids is 1. The van der Waals surface area contributed by atoms with Gasteiger partial charge in [-0.2, -0.15) is 0 Å². The molecule has 0 spiro atoms. The van der Waals surface area contributed by atoms with Crippen molar-refractivity contribution in [2.45, 2.75) is 32.3 Å². The number of likely N-dealkylation sites (tertiary alicyclic amines) is 1. The van der Waals surface area contributed by atoms with E-state index in [0.717, 1.165) is 18.7 Å². The smallest absolute Gasteiger partial charge is 0.253 e. The van der Waals surface area contributed by atoms with Gasteiger partial charge in [0, 0.05) is 24.6 Å². The molecule has 1 saturated heterocycles. The van der Waals surface area contributed by atoms with Crippen molar-refractivity contribution in [3.63, 3.8) is 0 Å². The number of rotatable bonds is 6. The molecule has 2 N–H and O–H groups in total. The molecule has 1 aliphatic heterocycles. The van der Waals surface area contributed by atoms with E-state index in [-0.39, 0.29) is 12.0 Å². The highest BCUT2D eigenvalue weighted by atomic mass is 16.5. The molecular formula is C22H28N2O2. The zero-order chi connectivity index (χ0) is 18.5. The molecule has 0 radical (unpaired) electrons. The minimum Gasteiger partial charge on any atom is -0.491 e. The molecule has 0 aliphatic carbocycles. The normalized spacial score (nSPS) is 20.8. The van der Waals surface area contributed by atoms with Crippen molar-refractivity contribution in [3.05, 3.63) is 65.7 Å². The van der Waals surface area contributed by atoms with Crippen LogP contribution in [-0.2, 0) is 0 Å². The van der Waals surface area contributed by atoms with E-state index >= 15 is 0 Å². The van der Waals surface area contributed by atoms with E-state index < -0.39 is 0 Å². The van der Waals surface area contributed by atoms with Gasteiger partial charge in [0.1, 0.15) is 5.75 Å². The minimum absolute atomic E-state index is 0.0666. The van der Waals surface area contributed by atoms with Crippen LogP contribution in [0.5, 0.6) is 5.75 Å². The highest BCUT2D eigenvalue weighted by Gasteiger charge is 2.35. The monoisotopic (exact) mass is 352 g/mol. The van der Waals surface area contributed by atoms with Gasteiger partial charge in [-0.3, -0.25) is 4.79 Å². The second kappa shape index (κ2) is 8.37. The minimum atomic E-state index is 0.0666. The van der Waals surface area contributed by atoms with Crippen molar-refractivity contribution in [1.82, 2.24) is 4.90 Å². The number of hydrogen-bond donors (Lipinski definition) is 1. The first-order valence-corrected chi connectivity index (χ1v) is 9.43. The van der Waals surface area contributed by atoms with Crippen LogP contribution in [0, 0.1) is 5.92 Å². The molecule has 4 nitrogen and oxygen atoms in total. The SMILES string of the molecule is CCC(C)Oc1ccc(C(=O)N2C[C@@H](CN)[C@H](c3ccccc3)C2)cc1. The first kappa shape index (κ1) is 18.5. The van der Waals surface area contributed by atoms with Crippen LogP contribution < -0.4 is 10.5 Å². The zero-order valence-electron chi connectivity index (χ0n) is 15.6. The molecule has 0 aromatic heterocycles. The molecule has 1 aliphatic rings. The fourth-order valence-electron chi connectivity index (χ4n) is 3.53. The van der Waals surface area contributed by atoms with Crippen molar-refractivity contribution < 1.29 is 9.53 Å². The second-order valence-electron chi connectivity index (χ2n) is 7.08. The summed E-state index contributed by atoms with van der Waals surface area (Å²) >= 11 is 0. The summed E-state index contributed by atoms with van der Waals surface area (Å²) in [5.41, 5.74) is 7.95. The van der Waals surface area contributed by atoms with Crippen LogP contribution >= 0.6 is 0 Å². The molecule has 0 bridgehead atoms. The average Bonchev–Trinajstić information content (AvgIpc) is 3.13. The maximum Gasteiger partial charge on any atom is 0.253 e. The Hall–Kier alpha value is -2.33. The van der Waals surface area contributed by atoms with Gasteiger partial charge in [-0.25, -0.2) is 0 Å². The van der Waals surface area contributed by atoms with Crippen LogP contribution in [0.25, 0.3) is 0 Å². The molecule has 1 amide bonds. The Bertz CT molecular complexity index is 715. The first-order chi connectivity index (χ1) is 12.6. The molecule has 1 heterocycles. The number of nitrogens with zero attached hydrogens (tertiary/aromatic N) is 1. The van der Waals surface area contributed by atoms with Gasteiger partial charge in [-0.15, -0.1) is 0 Å². The Balaban J connectivity index is 1.70. The molecule has 2 aromatic rings. The van der Waals surface area contributed by atoms with Crippen molar-refractivity contribution in [2.24, 2.45) is 11.7 Å². The van der Waals surface area contributed by atoms with Crippen molar-refractivity contribution in [2.75, 3.05) is 19.6 Å². The van der Waals surface area contributed by atoms with Gasteiger partial charge in [0.05, 0.1) is 6.10 Å². The van der Waals surface area contributed by atoms with Crippen LogP contribution in [0.2, 0.25) is 0 Å². The van der Waals surface area contributed by atoms with E-state index in [9.17, 15) is 4.79 Å². The zero-order valence-corrected chi connectivity index (χ0v) is 15.6. The van der Waals surface area contributed by atoms with E-state index in [2.05, 4.69) is 19.1 Å². The molecule has 4 heteroatoms. The summed E-state index contributed by atoms with van der Waals surface area (Å²) in [7, 11) is 0. The lowest BCUT2D eigenvalue weighted by Gasteiger charge is -2.17. The summed E-state index contributed by atoms with van der Waals surface area (Å²) in [6.07, 6.45) is 1.13. The molecule has 0 saturated carbocycles. The predicted molar refractivity (Wildman–Crippen MR) is 104 cm³/mol. The molecule has 3 atom stereocenters. The highest BCUT2D eigenvalue weighted by Crippen LogP contribution is 2.33. The average molecular weight is 352 g/mol. The Kier molecular flexibility index (Phi) is 5.94. The van der Waals surface area contributed by atoms with Crippen LogP contribution in [0.1, 0.15) is 42.1 Å². The summed E-state index contributed by atoms with van der Waals surface area (Å²) in [6.45, 7) is 6.15. The largest absolute Gasteiger partial charge is 0.491 e. The maximum absolute atomic E-state index is 12.9. The summed E-state index contributed by atoms with van der Waals surface area (Å²) in [4.78, 5) is 14.8. The number of benzene rings is 2. The van der Waals surface area contributed by atoms with Gasteiger partial charge in [0.15, 0.2) is 0 Å². The van der Waals surface area contributed by atoms with Crippen molar-refractivity contribution >= 4 is 5.91 Å². The van der Waals surface area contributed by atoms with E-state index in [1.807, 2.05) is 54.3 Å². The van der Waals surface area contributed by atoms with Gasteiger partial charge in [-0.1, -0.05) is 37.3 Å². The Labute approximate surface area is 156 Å². The first-order valence-electron chi connectivity index (χ1n) is 9.43. The predicted octanol–water partition coefficient (Wildman–Crippen LogP) is 3.68. The third-order valence-electron chi connectivity index (χ3n) is 5.27. The molecule has 26 heavy (non-hydrogen) atoms. The van der Waals surface area contributed by atoms with E-state index in [1.165, 1.54) is 5.56 Å². The van der Waals surface area contributed by atoms with Gasteiger partial charge in [-0.05, 0) is 55.6 Å². The topological polar surface area (TPSA) is 55.6 Å². The molecule has 138 valence electrons. The summed E-state index contributed by atoms with van der Waals surface area (Å²) in [5.74, 6) is 1.48. The van der Waals surface area contributed by atoms with Crippen LogP contribution in [0.4, 0.5) is 0 Å². The second-order valence-corrected chi connectivity index (χ2v) is 7.08. The number of nitrogens with two attached hydrogens (primary N) is 1. The van der Waals surface area contributed by atoms with Crippen LogP contribution in [-0.4, -0.2) is 36.5 Å². The quantitative estimate of drug-likeness (QED) is 0.863. The van der Waals surface area contributed by atoms with Gasteiger partial charge in [0.25, 0.3) is 5.91 Å². The van der Waals surface area contributed by atoms with Crippen molar-refractivity contribution in [3.8, 4) is 5.75 Å². The molecule has 1 unspecified atom stereocenters. The van der Waals surface area contributed by atoms with E-state index in [1.54, 1.807) is 0 Å². The fourth-order valence-corrected chi connectivity index (χ4v) is 3.53. The van der Waals surface area contributed by atoms with Crippen LogP contribution in [0.15, 0.2) is 54.6 Å². The lowest BCUT2D eigenvalue weighted by atomic mass is 9.89. The lowest BCUT2D eigenvalue weighted by molar-refractivity contribution is 0.0786. The number of carbonyl (C=O) groups is 1.